The van der Waals surface area contributed by atoms with Crippen LogP contribution in [0.3, 0.4) is 0 Å². The Bertz CT molecular complexity index is 1240. The van der Waals surface area contributed by atoms with Crippen molar-refractivity contribution in [3.8, 4) is 5.69 Å². The summed E-state index contributed by atoms with van der Waals surface area (Å²) < 4.78 is 15.1. The van der Waals surface area contributed by atoms with Crippen molar-refractivity contribution < 1.29 is 4.39 Å². The summed E-state index contributed by atoms with van der Waals surface area (Å²) in [7, 11) is 0. The van der Waals surface area contributed by atoms with Gasteiger partial charge in [-0.25, -0.2) is 14.4 Å². The van der Waals surface area contributed by atoms with Crippen molar-refractivity contribution in [2.24, 2.45) is 0 Å². The predicted octanol–water partition coefficient (Wildman–Crippen LogP) is 4.49. The van der Waals surface area contributed by atoms with Crippen LogP contribution in [0.4, 0.5) is 10.1 Å². The zero-order chi connectivity index (χ0) is 19.7. The zero-order valence-electron chi connectivity index (χ0n) is 15.0. The molecule has 0 spiro atoms. The molecule has 0 saturated heterocycles. The van der Waals surface area contributed by atoms with Gasteiger partial charge in [-0.15, -0.1) is 0 Å². The highest BCUT2D eigenvalue weighted by Crippen LogP contribution is 2.20. The summed E-state index contributed by atoms with van der Waals surface area (Å²) in [4.78, 5) is 21.8. The molecule has 2 aromatic heterocycles. The van der Waals surface area contributed by atoms with Gasteiger partial charge in [0.05, 0.1) is 23.1 Å². The number of rotatable bonds is 4. The third kappa shape index (κ3) is 3.46. The molecule has 0 bridgehead atoms. The molecule has 5 nitrogen and oxygen atoms in total. The number of nitrogens with one attached hydrogen (secondary N) is 1. The minimum absolute atomic E-state index is 0.166. The molecule has 4 rings (SSSR count). The molecule has 2 aromatic carbocycles. The predicted molar refractivity (Wildman–Crippen MR) is 109 cm³/mol. The lowest BCUT2D eigenvalue weighted by Gasteiger charge is -2.15. The number of hydrogen-bond acceptors (Lipinski definition) is 4. The third-order valence-corrected chi connectivity index (χ3v) is 4.64. The summed E-state index contributed by atoms with van der Waals surface area (Å²) in [6.45, 7) is 2.27. The molecule has 0 saturated carbocycles. The van der Waals surface area contributed by atoms with Crippen LogP contribution in [-0.4, -0.2) is 14.5 Å². The van der Waals surface area contributed by atoms with Crippen LogP contribution in [0, 0.1) is 12.7 Å². The van der Waals surface area contributed by atoms with E-state index in [1.54, 1.807) is 12.1 Å². The van der Waals surface area contributed by atoms with E-state index in [0.717, 1.165) is 11.3 Å². The number of pyridine rings is 1. The third-order valence-electron chi connectivity index (χ3n) is 4.35. The first-order valence-corrected chi connectivity index (χ1v) is 9.03. The number of nitrogens with zero attached hydrogens (tertiary/aromatic N) is 3. The van der Waals surface area contributed by atoms with Crippen molar-refractivity contribution in [2.45, 2.75) is 13.5 Å². The second kappa shape index (κ2) is 7.40. The fraction of sp³-hybridized carbons (Fsp3) is 0.0952. The molecule has 1 N–H and O–H groups in total. The number of hydrogen-bond donors (Lipinski definition) is 1. The van der Waals surface area contributed by atoms with E-state index < -0.39 is 11.4 Å². The second-order valence-electron chi connectivity index (χ2n) is 6.37. The number of aromatic nitrogens is 3. The van der Waals surface area contributed by atoms with Gasteiger partial charge in [-0.3, -0.25) is 9.36 Å². The van der Waals surface area contributed by atoms with Gasteiger partial charge in [-0.1, -0.05) is 23.7 Å². The average molecular weight is 395 g/mol. The summed E-state index contributed by atoms with van der Waals surface area (Å²) in [5, 5.41) is 3.62. The molecule has 0 radical (unpaired) electrons. The van der Waals surface area contributed by atoms with Crippen LogP contribution in [0.5, 0.6) is 0 Å². The van der Waals surface area contributed by atoms with E-state index in [2.05, 4.69) is 15.3 Å². The number of benzene rings is 2. The Hall–Kier alpha value is -3.25. The van der Waals surface area contributed by atoms with Crippen LogP contribution >= 0.6 is 11.6 Å². The largest absolute Gasteiger partial charge is 0.378 e. The SMILES string of the molecule is Cc1cccc(NCc2nc3ccc(F)cc3c(=O)n2-c2cccnc2Cl)c1. The Kier molecular flexibility index (Phi) is 4.79. The molecule has 0 aliphatic heterocycles. The highest BCUT2D eigenvalue weighted by Gasteiger charge is 2.16. The fourth-order valence-corrected chi connectivity index (χ4v) is 3.26. The quantitative estimate of drug-likeness (QED) is 0.518. The topological polar surface area (TPSA) is 59.8 Å². The van der Waals surface area contributed by atoms with Gasteiger partial charge in [-0.2, -0.15) is 0 Å². The molecule has 0 amide bonds. The van der Waals surface area contributed by atoms with Gasteiger partial charge in [0.25, 0.3) is 5.56 Å². The molecule has 0 unspecified atom stereocenters. The summed E-state index contributed by atoms with van der Waals surface area (Å²) in [5.74, 6) is -0.0543. The molecule has 4 aromatic rings. The van der Waals surface area contributed by atoms with Gasteiger partial charge in [0, 0.05) is 11.9 Å². The first-order valence-electron chi connectivity index (χ1n) is 8.65. The normalized spacial score (nSPS) is 11.0. The van der Waals surface area contributed by atoms with Crippen LogP contribution in [-0.2, 0) is 6.54 Å². The minimum Gasteiger partial charge on any atom is -0.378 e. The van der Waals surface area contributed by atoms with E-state index in [9.17, 15) is 9.18 Å². The summed E-state index contributed by atoms with van der Waals surface area (Å²) in [5.41, 5.74) is 2.43. The van der Waals surface area contributed by atoms with Gasteiger partial charge in [0.15, 0.2) is 5.15 Å². The van der Waals surface area contributed by atoms with E-state index >= 15 is 0 Å². The van der Waals surface area contributed by atoms with Crippen LogP contribution in [0.15, 0.2) is 65.6 Å². The van der Waals surface area contributed by atoms with Crippen molar-refractivity contribution in [1.29, 1.82) is 0 Å². The number of halogens is 2. The number of anilines is 1. The van der Waals surface area contributed by atoms with E-state index in [0.29, 0.717) is 17.0 Å². The lowest BCUT2D eigenvalue weighted by Crippen LogP contribution is -2.26. The zero-order valence-corrected chi connectivity index (χ0v) is 15.7. The van der Waals surface area contributed by atoms with E-state index in [1.807, 2.05) is 31.2 Å². The van der Waals surface area contributed by atoms with E-state index in [-0.39, 0.29) is 17.1 Å². The molecule has 0 aliphatic carbocycles. The molecule has 0 fully saturated rings. The van der Waals surface area contributed by atoms with E-state index in [4.69, 9.17) is 11.6 Å². The monoisotopic (exact) mass is 394 g/mol. The maximum Gasteiger partial charge on any atom is 0.266 e. The van der Waals surface area contributed by atoms with Crippen molar-refractivity contribution >= 4 is 28.2 Å². The second-order valence-corrected chi connectivity index (χ2v) is 6.72. The summed E-state index contributed by atoms with van der Waals surface area (Å²) in [6.07, 6.45) is 1.54. The Morgan fingerprint density at radius 2 is 2.00 bits per heavy atom. The smallest absolute Gasteiger partial charge is 0.266 e. The van der Waals surface area contributed by atoms with Crippen LogP contribution in [0.25, 0.3) is 16.6 Å². The average Bonchev–Trinajstić information content (AvgIpc) is 2.68. The Morgan fingerprint density at radius 1 is 1.14 bits per heavy atom. The summed E-state index contributed by atoms with van der Waals surface area (Å²) >= 11 is 6.23. The van der Waals surface area contributed by atoms with Gasteiger partial charge in [-0.05, 0) is 55.0 Å². The molecular weight excluding hydrogens is 379 g/mol. The lowest BCUT2D eigenvalue weighted by molar-refractivity contribution is 0.629. The van der Waals surface area contributed by atoms with Gasteiger partial charge in [0.2, 0.25) is 0 Å². The number of aryl methyl sites for hydroxylation is 1. The lowest BCUT2D eigenvalue weighted by atomic mass is 10.2. The van der Waals surface area contributed by atoms with Gasteiger partial charge in [0.1, 0.15) is 11.6 Å². The molecule has 28 heavy (non-hydrogen) atoms. The Morgan fingerprint density at radius 3 is 2.79 bits per heavy atom. The van der Waals surface area contributed by atoms with Gasteiger partial charge < -0.3 is 5.32 Å². The Balaban J connectivity index is 1.88. The van der Waals surface area contributed by atoms with E-state index in [1.165, 1.54) is 29.0 Å². The van der Waals surface area contributed by atoms with Crippen LogP contribution in [0.2, 0.25) is 5.15 Å². The number of fused-ring (bicyclic) bond motifs is 1. The first-order chi connectivity index (χ1) is 13.5. The van der Waals surface area contributed by atoms with Crippen molar-refractivity contribution in [1.82, 2.24) is 14.5 Å². The molecule has 2 heterocycles. The van der Waals surface area contributed by atoms with Gasteiger partial charge >= 0.3 is 0 Å². The molecular formula is C21H16ClFN4O. The fourth-order valence-electron chi connectivity index (χ4n) is 3.05. The molecule has 7 heteroatoms. The molecule has 0 atom stereocenters. The Labute approximate surface area is 165 Å². The molecule has 140 valence electrons. The maximum absolute atomic E-state index is 13.7. The van der Waals surface area contributed by atoms with Crippen molar-refractivity contribution in [3.05, 3.63) is 93.5 Å². The minimum atomic E-state index is -0.499. The first kappa shape index (κ1) is 18.1. The summed E-state index contributed by atoms with van der Waals surface area (Å²) in [6, 6.07) is 15.2. The van der Waals surface area contributed by atoms with Crippen molar-refractivity contribution in [3.63, 3.8) is 0 Å². The maximum atomic E-state index is 13.7. The highest BCUT2D eigenvalue weighted by atomic mass is 35.5. The standard InChI is InChI=1S/C21H16ClFN4O/c1-13-4-2-5-15(10-13)25-12-19-26-17-8-7-14(23)11-16(17)21(28)27(19)18-6-3-9-24-20(18)22/h2-11,25H,12H2,1H3. The highest BCUT2D eigenvalue weighted by molar-refractivity contribution is 6.31. The van der Waals surface area contributed by atoms with Crippen LogP contribution < -0.4 is 10.9 Å². The molecule has 0 aliphatic rings. The van der Waals surface area contributed by atoms with Crippen molar-refractivity contribution in [2.75, 3.05) is 5.32 Å². The van der Waals surface area contributed by atoms with Crippen LogP contribution in [0.1, 0.15) is 11.4 Å².